The zero-order valence-electron chi connectivity index (χ0n) is 12.7. The molecule has 1 aromatic heterocycles. The molecule has 0 radical (unpaired) electrons. The van der Waals surface area contributed by atoms with Crippen LogP contribution in [-0.4, -0.2) is 32.9 Å². The molecule has 3 N–H and O–H groups in total. The summed E-state index contributed by atoms with van der Waals surface area (Å²) in [6.45, 7) is 1.74. The first kappa shape index (κ1) is 15.5. The van der Waals surface area contributed by atoms with Gasteiger partial charge in [0.2, 0.25) is 0 Å². The van der Waals surface area contributed by atoms with E-state index in [1.807, 2.05) is 12.1 Å². The molecule has 6 nitrogen and oxygen atoms in total. The van der Waals surface area contributed by atoms with Crippen molar-refractivity contribution in [3.63, 3.8) is 0 Å². The van der Waals surface area contributed by atoms with Crippen molar-refractivity contribution in [2.75, 3.05) is 0 Å². The number of para-hydroxylation sites is 1. The van der Waals surface area contributed by atoms with E-state index in [-0.39, 0.29) is 16.7 Å². The van der Waals surface area contributed by atoms with Crippen LogP contribution in [0.3, 0.4) is 0 Å². The Balaban J connectivity index is 2.21. The normalized spacial score (nSPS) is 10.7. The number of aromatic carboxylic acids is 2. The van der Waals surface area contributed by atoms with Crippen LogP contribution in [0, 0.1) is 6.92 Å². The van der Waals surface area contributed by atoms with Crippen molar-refractivity contribution in [2.24, 2.45) is 0 Å². The van der Waals surface area contributed by atoms with Gasteiger partial charge >= 0.3 is 11.9 Å². The van der Waals surface area contributed by atoms with Crippen molar-refractivity contribution >= 4 is 28.6 Å². The molecule has 0 unspecified atom stereocenters. The van der Waals surface area contributed by atoms with Crippen molar-refractivity contribution in [3.05, 3.63) is 70.4 Å². The molecule has 0 fully saturated rings. The summed E-state index contributed by atoms with van der Waals surface area (Å²) in [5.41, 5.74) is 1.23. The second-order valence-corrected chi connectivity index (χ2v) is 5.37. The van der Waals surface area contributed by atoms with E-state index in [1.54, 1.807) is 19.1 Å². The molecule has 0 amide bonds. The summed E-state index contributed by atoms with van der Waals surface area (Å²) in [7, 11) is 0. The first-order valence-corrected chi connectivity index (χ1v) is 7.12. The number of rotatable bonds is 4. The fourth-order valence-electron chi connectivity index (χ4n) is 2.76. The fraction of sp³-hybridized carbons (Fsp3) is 0.0556. The first-order valence-electron chi connectivity index (χ1n) is 7.12. The Kier molecular flexibility index (Phi) is 3.65. The quantitative estimate of drug-likeness (QED) is 0.639. The molecule has 3 rings (SSSR count). The average Bonchev–Trinajstić information content (AvgIpc) is 2.89. The molecule has 1 heterocycles. The highest BCUT2D eigenvalue weighted by atomic mass is 16.4. The third-order valence-corrected chi connectivity index (χ3v) is 3.86. The topological polar surface area (TPSA) is 107 Å². The molecule has 24 heavy (non-hydrogen) atoms. The summed E-state index contributed by atoms with van der Waals surface area (Å²) in [4.78, 5) is 38.5. The maximum absolute atomic E-state index is 12.9. The number of hydrogen-bond donors (Lipinski definition) is 3. The number of aromatic nitrogens is 1. The summed E-state index contributed by atoms with van der Waals surface area (Å²) in [5.74, 6) is -3.06. The number of nitrogens with one attached hydrogen (secondary N) is 1. The van der Waals surface area contributed by atoms with Crippen molar-refractivity contribution < 1.29 is 24.6 Å². The van der Waals surface area contributed by atoms with E-state index in [2.05, 4.69) is 4.98 Å². The molecule has 0 aliphatic carbocycles. The van der Waals surface area contributed by atoms with E-state index < -0.39 is 17.7 Å². The van der Waals surface area contributed by atoms with Crippen molar-refractivity contribution in [1.29, 1.82) is 0 Å². The number of carbonyl (C=O) groups excluding carboxylic acids is 1. The van der Waals surface area contributed by atoms with E-state index in [9.17, 15) is 19.5 Å². The number of H-pyrrole nitrogens is 1. The van der Waals surface area contributed by atoms with Gasteiger partial charge in [-0.1, -0.05) is 18.2 Å². The number of carboxylic acids is 2. The molecular formula is C18H13NO5. The van der Waals surface area contributed by atoms with E-state index in [0.29, 0.717) is 16.6 Å². The van der Waals surface area contributed by atoms with Crippen LogP contribution in [0.15, 0.2) is 42.5 Å². The molecule has 6 heteroatoms. The van der Waals surface area contributed by atoms with Gasteiger partial charge in [-0.3, -0.25) is 4.79 Å². The van der Waals surface area contributed by atoms with Crippen LogP contribution < -0.4 is 0 Å². The Hall–Kier alpha value is -3.41. The van der Waals surface area contributed by atoms with Crippen molar-refractivity contribution in [1.82, 2.24) is 4.98 Å². The van der Waals surface area contributed by atoms with E-state index >= 15 is 0 Å². The summed E-state index contributed by atoms with van der Waals surface area (Å²) < 4.78 is 0. The summed E-state index contributed by atoms with van der Waals surface area (Å²) in [6.07, 6.45) is 0. The van der Waals surface area contributed by atoms with Crippen molar-refractivity contribution in [2.45, 2.75) is 6.92 Å². The molecule has 0 aliphatic rings. The number of carbonyl (C=O) groups is 3. The molecule has 0 spiro atoms. The Morgan fingerprint density at radius 3 is 2.29 bits per heavy atom. The molecule has 0 saturated carbocycles. The maximum atomic E-state index is 12.9. The lowest BCUT2D eigenvalue weighted by molar-refractivity contribution is 0.0692. The van der Waals surface area contributed by atoms with Crippen LogP contribution in [-0.2, 0) is 0 Å². The highest BCUT2D eigenvalue weighted by Gasteiger charge is 2.23. The number of aromatic amines is 1. The predicted molar refractivity (Wildman–Crippen MR) is 86.8 cm³/mol. The number of fused-ring (bicyclic) bond motifs is 1. The van der Waals surface area contributed by atoms with Crippen LogP contribution in [0.25, 0.3) is 10.9 Å². The molecule has 0 saturated heterocycles. The molecule has 0 atom stereocenters. The fourth-order valence-corrected chi connectivity index (χ4v) is 2.76. The third kappa shape index (κ3) is 2.44. The van der Waals surface area contributed by atoms with Gasteiger partial charge in [0.05, 0.1) is 16.7 Å². The van der Waals surface area contributed by atoms with Gasteiger partial charge in [0.15, 0.2) is 5.78 Å². The highest BCUT2D eigenvalue weighted by Crippen LogP contribution is 2.26. The SMILES string of the molecule is Cc1[nH]c2ccccc2c1C(=O)c1ccc(C(=O)O)cc1C(=O)O. The van der Waals surface area contributed by atoms with Gasteiger partial charge in [0.25, 0.3) is 0 Å². The van der Waals surface area contributed by atoms with Crippen LogP contribution in [0.1, 0.15) is 42.3 Å². The largest absolute Gasteiger partial charge is 0.478 e. The lowest BCUT2D eigenvalue weighted by atomic mass is 9.95. The lowest BCUT2D eigenvalue weighted by Crippen LogP contribution is -2.12. The summed E-state index contributed by atoms with van der Waals surface area (Å²) >= 11 is 0. The van der Waals surface area contributed by atoms with Gasteiger partial charge < -0.3 is 15.2 Å². The lowest BCUT2D eigenvalue weighted by Gasteiger charge is -2.07. The number of ketones is 1. The molecule has 0 aliphatic heterocycles. The zero-order chi connectivity index (χ0) is 17.4. The van der Waals surface area contributed by atoms with Crippen LogP contribution in [0.2, 0.25) is 0 Å². The molecular weight excluding hydrogens is 310 g/mol. The molecule has 3 aromatic rings. The zero-order valence-corrected chi connectivity index (χ0v) is 12.7. The van der Waals surface area contributed by atoms with Gasteiger partial charge in [0.1, 0.15) is 0 Å². The second-order valence-electron chi connectivity index (χ2n) is 5.37. The average molecular weight is 323 g/mol. The number of aryl methyl sites for hydroxylation is 1. The Morgan fingerprint density at radius 2 is 1.62 bits per heavy atom. The van der Waals surface area contributed by atoms with E-state index in [0.717, 1.165) is 11.6 Å². The standard InChI is InChI=1S/C18H13NO5/c1-9-15(12-4-2-3-5-14(12)19-9)16(20)11-7-6-10(17(21)22)8-13(11)18(23)24/h2-8,19H,1H3,(H,21,22)(H,23,24). The molecule has 0 bridgehead atoms. The van der Waals surface area contributed by atoms with Crippen LogP contribution in [0.4, 0.5) is 0 Å². The smallest absolute Gasteiger partial charge is 0.336 e. The second kappa shape index (κ2) is 5.66. The first-order chi connectivity index (χ1) is 11.4. The van der Waals surface area contributed by atoms with Gasteiger partial charge in [-0.05, 0) is 31.2 Å². The van der Waals surface area contributed by atoms with Crippen molar-refractivity contribution in [3.8, 4) is 0 Å². The predicted octanol–water partition coefficient (Wildman–Crippen LogP) is 3.10. The van der Waals surface area contributed by atoms with Gasteiger partial charge in [-0.2, -0.15) is 0 Å². The van der Waals surface area contributed by atoms with E-state index in [4.69, 9.17) is 5.11 Å². The highest BCUT2D eigenvalue weighted by molar-refractivity contribution is 6.20. The Morgan fingerprint density at radius 1 is 0.917 bits per heavy atom. The van der Waals surface area contributed by atoms with Crippen LogP contribution in [0.5, 0.6) is 0 Å². The Bertz CT molecular complexity index is 1000. The van der Waals surface area contributed by atoms with E-state index in [1.165, 1.54) is 12.1 Å². The van der Waals surface area contributed by atoms with Crippen LogP contribution >= 0.6 is 0 Å². The van der Waals surface area contributed by atoms with Gasteiger partial charge in [-0.15, -0.1) is 0 Å². The maximum Gasteiger partial charge on any atom is 0.336 e. The number of benzene rings is 2. The minimum absolute atomic E-state index is 0.0413. The van der Waals surface area contributed by atoms with Gasteiger partial charge in [0, 0.05) is 22.2 Å². The summed E-state index contributed by atoms with van der Waals surface area (Å²) in [6, 6.07) is 10.7. The third-order valence-electron chi connectivity index (χ3n) is 3.86. The molecule has 2 aromatic carbocycles. The minimum Gasteiger partial charge on any atom is -0.478 e. The number of hydrogen-bond acceptors (Lipinski definition) is 3. The van der Waals surface area contributed by atoms with Gasteiger partial charge in [-0.25, -0.2) is 9.59 Å². The Labute approximate surface area is 136 Å². The minimum atomic E-state index is -1.35. The monoisotopic (exact) mass is 323 g/mol. The molecule has 120 valence electrons. The number of carboxylic acid groups (broad SMARTS) is 2. The summed E-state index contributed by atoms with van der Waals surface area (Å²) in [5, 5.41) is 19.0.